The lowest BCUT2D eigenvalue weighted by atomic mass is 9.80. The van der Waals surface area contributed by atoms with Gasteiger partial charge >= 0.3 is 12.1 Å². The number of carbonyl (C=O) groups is 6. The van der Waals surface area contributed by atoms with Crippen molar-refractivity contribution >= 4 is 35.6 Å². The number of nitrogens with zero attached hydrogens (tertiary/aromatic N) is 1. The van der Waals surface area contributed by atoms with Crippen molar-refractivity contribution in [1.82, 2.24) is 26.2 Å². The lowest BCUT2D eigenvalue weighted by Gasteiger charge is -2.38. The molecule has 0 radical (unpaired) electrons. The number of amides is 6. The van der Waals surface area contributed by atoms with Crippen LogP contribution in [0.2, 0.25) is 0 Å². The molecule has 6 atom stereocenters. The van der Waals surface area contributed by atoms with Crippen molar-refractivity contribution in [3.63, 3.8) is 0 Å². The molecule has 13 nitrogen and oxygen atoms in total. The Morgan fingerprint density at radius 3 is 2.13 bits per heavy atom. The van der Waals surface area contributed by atoms with E-state index < -0.39 is 65.2 Å². The lowest BCUT2D eigenvalue weighted by molar-refractivity contribution is -0.145. The highest BCUT2D eigenvalue weighted by Crippen LogP contribution is 2.65. The molecule has 3 saturated carbocycles. The van der Waals surface area contributed by atoms with E-state index in [0.717, 1.165) is 32.1 Å². The van der Waals surface area contributed by atoms with Crippen LogP contribution >= 0.6 is 0 Å². The van der Waals surface area contributed by atoms with E-state index in [-0.39, 0.29) is 35.7 Å². The highest BCUT2D eigenvalue weighted by Gasteiger charge is 2.70. The Balaban J connectivity index is 1.44. The Bertz CT molecular complexity index is 1210. The summed E-state index contributed by atoms with van der Waals surface area (Å²) in [6.07, 6.45) is 4.87. The van der Waals surface area contributed by atoms with Crippen LogP contribution in [-0.2, 0) is 23.9 Å². The van der Waals surface area contributed by atoms with E-state index in [1.165, 1.54) is 4.90 Å². The number of rotatable bonds is 14. The predicted octanol–water partition coefficient (Wildman–Crippen LogP) is 2.07. The van der Waals surface area contributed by atoms with E-state index in [0.29, 0.717) is 25.4 Å². The van der Waals surface area contributed by atoms with Crippen LogP contribution in [0.5, 0.6) is 0 Å². The van der Waals surface area contributed by atoms with E-state index in [1.807, 2.05) is 34.6 Å². The molecule has 0 bridgehead atoms. The van der Waals surface area contributed by atoms with E-state index in [4.69, 9.17) is 10.5 Å². The van der Waals surface area contributed by atoms with Crippen LogP contribution in [0.15, 0.2) is 0 Å². The Morgan fingerprint density at radius 2 is 1.61 bits per heavy atom. The summed E-state index contributed by atoms with van der Waals surface area (Å²) >= 11 is 0. The minimum atomic E-state index is -1.10. The Kier molecular flexibility index (Phi) is 10.6. The highest BCUT2D eigenvalue weighted by atomic mass is 16.5. The number of primary amides is 1. The van der Waals surface area contributed by atoms with Crippen LogP contribution in [0.1, 0.15) is 87.0 Å². The SMILES string of the molecule is CC(C)C(COC(=O)NCC1CC1)NC(=O)N[C@H](C(=O)N1CC2C([C@H]1C(=O)NC(CC1CCC1)C(=O)C(N)=O)C2(C)C)C(C)(C)C. The third-order valence-electron chi connectivity index (χ3n) is 10.6. The Hall–Kier alpha value is -3.38. The number of nitrogens with one attached hydrogen (secondary N) is 4. The molecule has 46 heavy (non-hydrogen) atoms. The van der Waals surface area contributed by atoms with Gasteiger partial charge < -0.3 is 36.6 Å². The van der Waals surface area contributed by atoms with Crippen LogP contribution < -0.4 is 27.0 Å². The molecule has 3 aliphatic carbocycles. The molecular formula is C33H54N6O7. The molecule has 6 amide bonds. The van der Waals surface area contributed by atoms with Crippen molar-refractivity contribution in [1.29, 1.82) is 0 Å². The maximum atomic E-state index is 14.2. The second-order valence-electron chi connectivity index (χ2n) is 15.9. The van der Waals surface area contributed by atoms with Gasteiger partial charge in [0, 0.05) is 13.1 Å². The van der Waals surface area contributed by atoms with Crippen LogP contribution in [0.25, 0.3) is 0 Å². The number of piperidine rings is 1. The van der Waals surface area contributed by atoms with Crippen LogP contribution in [0, 0.1) is 40.4 Å². The largest absolute Gasteiger partial charge is 0.447 e. The summed E-state index contributed by atoms with van der Waals surface area (Å²) in [5.41, 5.74) is 4.41. The van der Waals surface area contributed by atoms with Crippen molar-refractivity contribution in [3.8, 4) is 0 Å². The van der Waals surface area contributed by atoms with Gasteiger partial charge in [0.25, 0.3) is 5.91 Å². The number of Topliss-reactive ketones (excluding diaryl/α,β-unsaturated/α-hetero) is 1. The van der Waals surface area contributed by atoms with Crippen molar-refractivity contribution in [2.45, 2.75) is 111 Å². The fraction of sp³-hybridized carbons (Fsp3) is 0.818. The maximum Gasteiger partial charge on any atom is 0.407 e. The topological polar surface area (TPSA) is 189 Å². The first-order valence-electron chi connectivity index (χ1n) is 16.8. The Morgan fingerprint density at radius 1 is 0.957 bits per heavy atom. The Labute approximate surface area is 272 Å². The van der Waals surface area contributed by atoms with E-state index in [9.17, 15) is 28.8 Å². The van der Waals surface area contributed by atoms with Crippen molar-refractivity contribution in [3.05, 3.63) is 0 Å². The van der Waals surface area contributed by atoms with Gasteiger partial charge in [-0.3, -0.25) is 19.2 Å². The molecule has 258 valence electrons. The number of alkyl carbamates (subject to hydrolysis) is 1. The van der Waals surface area contributed by atoms with Gasteiger partial charge in [-0.05, 0) is 59.7 Å². The van der Waals surface area contributed by atoms with Crippen LogP contribution in [-0.4, -0.2) is 84.4 Å². The molecule has 4 unspecified atom stereocenters. The zero-order valence-corrected chi connectivity index (χ0v) is 28.4. The van der Waals surface area contributed by atoms with Gasteiger partial charge in [-0.25, -0.2) is 9.59 Å². The monoisotopic (exact) mass is 646 g/mol. The molecule has 1 aliphatic heterocycles. The molecule has 4 rings (SSSR count). The minimum absolute atomic E-state index is 0.0332. The minimum Gasteiger partial charge on any atom is -0.447 e. The normalized spacial score (nSPS) is 25.3. The summed E-state index contributed by atoms with van der Waals surface area (Å²) in [4.78, 5) is 79.6. The average Bonchev–Trinajstić information content (AvgIpc) is 3.80. The average molecular weight is 647 g/mol. The molecule has 0 aromatic heterocycles. The summed E-state index contributed by atoms with van der Waals surface area (Å²) in [5, 5.41) is 11.2. The second kappa shape index (κ2) is 13.8. The predicted molar refractivity (Wildman–Crippen MR) is 170 cm³/mol. The standard InChI is InChI=1S/C33H54N6O7/c1-17(2)22(16-46-31(45)35-14-19-11-12-19)37-30(44)38-26(32(3,4)5)29(43)39-15-20-23(33(20,6)7)24(39)28(42)36-21(25(40)27(34)41)13-18-9-8-10-18/h17-24,26H,8-16H2,1-7H3,(H2,34,41)(H,35,45)(H,36,42)(H2,37,38,44)/t20?,21?,22?,23?,24-,26+/m0/s1. The number of nitrogens with two attached hydrogens (primary N) is 1. The number of likely N-dealkylation sites (tertiary alicyclic amines) is 1. The molecule has 4 fully saturated rings. The molecule has 0 aromatic carbocycles. The zero-order valence-electron chi connectivity index (χ0n) is 28.4. The summed E-state index contributed by atoms with van der Waals surface area (Å²) < 4.78 is 5.35. The first-order valence-corrected chi connectivity index (χ1v) is 16.8. The summed E-state index contributed by atoms with van der Waals surface area (Å²) in [5.74, 6) is -2.21. The van der Waals surface area contributed by atoms with E-state index in [2.05, 4.69) is 35.1 Å². The van der Waals surface area contributed by atoms with E-state index >= 15 is 0 Å². The fourth-order valence-corrected chi connectivity index (χ4v) is 6.86. The third-order valence-corrected chi connectivity index (χ3v) is 10.6. The molecule has 13 heteroatoms. The van der Waals surface area contributed by atoms with Crippen LogP contribution in [0.3, 0.4) is 0 Å². The molecule has 1 heterocycles. The summed E-state index contributed by atoms with van der Waals surface area (Å²) in [6.45, 7) is 14.3. The van der Waals surface area contributed by atoms with Gasteiger partial charge in [-0.2, -0.15) is 0 Å². The summed E-state index contributed by atoms with van der Waals surface area (Å²) in [7, 11) is 0. The first-order chi connectivity index (χ1) is 21.4. The third kappa shape index (κ3) is 8.31. The maximum absolute atomic E-state index is 14.2. The number of urea groups is 1. The molecule has 4 aliphatic rings. The van der Waals surface area contributed by atoms with Gasteiger partial charge in [0.15, 0.2) is 0 Å². The zero-order chi connectivity index (χ0) is 34.1. The van der Waals surface area contributed by atoms with Crippen molar-refractivity contribution in [2.24, 2.45) is 46.2 Å². The fourth-order valence-electron chi connectivity index (χ4n) is 6.86. The van der Waals surface area contributed by atoms with Crippen LogP contribution in [0.4, 0.5) is 9.59 Å². The number of carbonyl (C=O) groups excluding carboxylic acids is 6. The molecule has 1 saturated heterocycles. The van der Waals surface area contributed by atoms with Crippen molar-refractivity contribution < 1.29 is 33.5 Å². The van der Waals surface area contributed by atoms with E-state index in [1.54, 1.807) is 0 Å². The van der Waals surface area contributed by atoms with Gasteiger partial charge in [0.2, 0.25) is 17.6 Å². The van der Waals surface area contributed by atoms with Gasteiger partial charge in [-0.15, -0.1) is 0 Å². The van der Waals surface area contributed by atoms with Gasteiger partial charge in [0.05, 0.1) is 12.1 Å². The smallest absolute Gasteiger partial charge is 0.407 e. The summed E-state index contributed by atoms with van der Waals surface area (Å²) in [6, 6.07) is -3.99. The molecular weight excluding hydrogens is 592 g/mol. The molecule has 6 N–H and O–H groups in total. The van der Waals surface area contributed by atoms with Gasteiger partial charge in [-0.1, -0.05) is 67.7 Å². The number of fused-ring (bicyclic) bond motifs is 1. The quantitative estimate of drug-likeness (QED) is 0.179. The molecule has 0 spiro atoms. The van der Waals surface area contributed by atoms with Crippen molar-refractivity contribution in [2.75, 3.05) is 19.7 Å². The molecule has 0 aromatic rings. The highest BCUT2D eigenvalue weighted by molar-refractivity contribution is 6.37. The number of hydrogen-bond acceptors (Lipinski definition) is 7. The number of hydrogen-bond donors (Lipinski definition) is 5. The lowest BCUT2D eigenvalue weighted by Crippen LogP contribution is -2.62. The number of ketones is 1. The van der Waals surface area contributed by atoms with Gasteiger partial charge in [0.1, 0.15) is 18.7 Å². The second-order valence-corrected chi connectivity index (χ2v) is 15.9. The number of ether oxygens (including phenoxy) is 1. The first kappa shape index (κ1) is 35.5.